The smallest absolute Gasteiger partial charge is 0.222 e. The Hall–Kier alpha value is -0.900. The van der Waals surface area contributed by atoms with Gasteiger partial charge in [0.25, 0.3) is 0 Å². The Morgan fingerprint density at radius 2 is 1.32 bits per heavy atom. The van der Waals surface area contributed by atoms with Crippen LogP contribution in [0.15, 0.2) is 42.5 Å². The van der Waals surface area contributed by atoms with Gasteiger partial charge in [0.2, 0.25) is 3.79 Å². The molecule has 1 aliphatic rings. The van der Waals surface area contributed by atoms with Crippen LogP contribution in [-0.2, 0) is 0 Å². The molecule has 1 nitrogen and oxygen atoms in total. The number of halogens is 1. The molecule has 100 valence electrons. The van der Waals surface area contributed by atoms with Gasteiger partial charge in [0.15, 0.2) is 0 Å². The molecule has 0 saturated heterocycles. The Morgan fingerprint density at radius 3 is 1.84 bits per heavy atom. The summed E-state index contributed by atoms with van der Waals surface area (Å²) in [6, 6.07) is 13.8. The molecule has 1 saturated carbocycles. The second kappa shape index (κ2) is 7.63. The van der Waals surface area contributed by atoms with Gasteiger partial charge in [-0.15, -0.1) is 0 Å². The van der Waals surface area contributed by atoms with Crippen LogP contribution in [0.25, 0.3) is 10.8 Å². The highest BCUT2D eigenvalue weighted by molar-refractivity contribution is 14.1. The van der Waals surface area contributed by atoms with Crippen LogP contribution in [0.5, 0.6) is 0 Å². The van der Waals surface area contributed by atoms with Crippen LogP contribution in [0.3, 0.4) is 0 Å². The summed E-state index contributed by atoms with van der Waals surface area (Å²) in [5.41, 5.74) is 0.763. The average Bonchev–Trinajstić information content (AvgIpc) is 2.49. The molecule has 0 unspecified atom stereocenters. The van der Waals surface area contributed by atoms with Crippen LogP contribution >= 0.6 is 22.6 Å². The fourth-order valence-corrected chi connectivity index (χ4v) is 2.71. The van der Waals surface area contributed by atoms with Crippen molar-refractivity contribution in [3.8, 4) is 0 Å². The van der Waals surface area contributed by atoms with E-state index in [2.05, 4.69) is 0 Å². The van der Waals surface area contributed by atoms with Crippen LogP contribution in [0, 0.1) is 0 Å². The number of benzene rings is 2. The highest BCUT2D eigenvalue weighted by atomic mass is 127. The highest BCUT2D eigenvalue weighted by Crippen LogP contribution is 2.17. The molecule has 1 fully saturated rings. The van der Waals surface area contributed by atoms with E-state index in [9.17, 15) is 4.79 Å². The molecule has 0 amide bonds. The van der Waals surface area contributed by atoms with Gasteiger partial charge in [0, 0.05) is 28.2 Å². The highest BCUT2D eigenvalue weighted by Gasteiger charge is 2.00. The van der Waals surface area contributed by atoms with E-state index in [1.54, 1.807) is 22.6 Å². The number of carbonyl (C=O) groups is 1. The first-order chi connectivity index (χ1) is 9.27. The molecule has 2 aromatic carbocycles. The molecule has 2 aromatic rings. The molecule has 3 rings (SSSR count). The van der Waals surface area contributed by atoms with Crippen molar-refractivity contribution in [2.45, 2.75) is 38.5 Å². The topological polar surface area (TPSA) is 17.1 Å². The largest absolute Gasteiger partial charge is 0.282 e. The minimum Gasteiger partial charge on any atom is -0.282 e. The summed E-state index contributed by atoms with van der Waals surface area (Å²) in [5.74, 6) is 0. The van der Waals surface area contributed by atoms with Gasteiger partial charge >= 0.3 is 0 Å². The molecule has 0 N–H and O–H groups in total. The first-order valence-corrected chi connectivity index (χ1v) is 8.04. The molecule has 0 radical (unpaired) electrons. The van der Waals surface area contributed by atoms with Crippen molar-refractivity contribution < 1.29 is 4.79 Å². The van der Waals surface area contributed by atoms with E-state index < -0.39 is 0 Å². The lowest BCUT2D eigenvalue weighted by molar-refractivity contribution is 0.110. The van der Waals surface area contributed by atoms with E-state index in [0.29, 0.717) is 0 Å². The maximum atomic E-state index is 11.1. The van der Waals surface area contributed by atoms with Crippen molar-refractivity contribution in [2.24, 2.45) is 0 Å². The molecule has 0 aromatic heterocycles. The first-order valence-electron chi connectivity index (χ1n) is 6.96. The third kappa shape index (κ3) is 4.60. The van der Waals surface area contributed by atoms with Crippen molar-refractivity contribution in [1.29, 1.82) is 0 Å². The predicted molar refractivity (Wildman–Crippen MR) is 90.0 cm³/mol. The van der Waals surface area contributed by atoms with Crippen molar-refractivity contribution in [3.05, 3.63) is 48.0 Å². The summed E-state index contributed by atoms with van der Waals surface area (Å²) < 4.78 is 0.0864. The molecular formula is C17H19IO. The van der Waals surface area contributed by atoms with E-state index in [1.165, 1.54) is 43.9 Å². The zero-order valence-electron chi connectivity index (χ0n) is 11.1. The van der Waals surface area contributed by atoms with Crippen LogP contribution in [0.1, 0.15) is 48.9 Å². The standard InChI is InChI=1S/C11H7IO.C6H12/c12-11(13)10-6-5-8-3-1-2-4-9(8)7-10;1-2-4-6-5-3-1/h1-7H;1-6H2. The van der Waals surface area contributed by atoms with E-state index in [4.69, 9.17) is 0 Å². The van der Waals surface area contributed by atoms with Crippen LogP contribution < -0.4 is 0 Å². The van der Waals surface area contributed by atoms with E-state index in [-0.39, 0.29) is 3.79 Å². The molecule has 2 heteroatoms. The SMILES string of the molecule is C1CCCCC1.O=C(I)c1ccc2ccccc2c1. The molecular weight excluding hydrogens is 347 g/mol. The van der Waals surface area contributed by atoms with Crippen molar-refractivity contribution in [1.82, 2.24) is 0 Å². The van der Waals surface area contributed by atoms with Crippen molar-refractivity contribution in [3.63, 3.8) is 0 Å². The van der Waals surface area contributed by atoms with Crippen LogP contribution in [-0.4, -0.2) is 3.79 Å². The Labute approximate surface area is 128 Å². The molecule has 1 aliphatic carbocycles. The summed E-state index contributed by atoms with van der Waals surface area (Å²) in [4.78, 5) is 11.1. The Balaban J connectivity index is 0.000000186. The fraction of sp³-hybridized carbons (Fsp3) is 0.353. The minimum absolute atomic E-state index is 0.0864. The van der Waals surface area contributed by atoms with E-state index in [0.717, 1.165) is 10.9 Å². The molecule has 0 spiro atoms. The van der Waals surface area contributed by atoms with Gasteiger partial charge in [0.1, 0.15) is 0 Å². The number of carbonyl (C=O) groups excluding carboxylic acids is 1. The van der Waals surface area contributed by atoms with E-state index >= 15 is 0 Å². The summed E-state index contributed by atoms with van der Waals surface area (Å²) in [6.07, 6.45) is 9.00. The van der Waals surface area contributed by atoms with Gasteiger partial charge in [-0.05, 0) is 22.9 Å². The lowest BCUT2D eigenvalue weighted by Crippen LogP contribution is -1.86. The van der Waals surface area contributed by atoms with Crippen LogP contribution in [0.2, 0.25) is 0 Å². The lowest BCUT2D eigenvalue weighted by Gasteiger charge is -2.05. The number of hydrogen-bond acceptors (Lipinski definition) is 1. The number of rotatable bonds is 1. The summed E-state index contributed by atoms with van der Waals surface area (Å²) >= 11 is 1.80. The first kappa shape index (κ1) is 14.5. The third-order valence-electron chi connectivity index (χ3n) is 3.48. The van der Waals surface area contributed by atoms with Gasteiger partial charge in [-0.25, -0.2) is 0 Å². The molecule has 19 heavy (non-hydrogen) atoms. The molecule has 0 bridgehead atoms. The second-order valence-electron chi connectivity index (χ2n) is 4.96. The normalized spacial score (nSPS) is 14.6. The van der Waals surface area contributed by atoms with Crippen molar-refractivity contribution >= 4 is 37.2 Å². The summed E-state index contributed by atoms with van der Waals surface area (Å²) in [6.45, 7) is 0. The Kier molecular flexibility index (Phi) is 5.83. The lowest BCUT2D eigenvalue weighted by atomic mass is 10.0. The summed E-state index contributed by atoms with van der Waals surface area (Å²) in [7, 11) is 0. The fourth-order valence-electron chi connectivity index (χ4n) is 2.37. The molecule has 0 atom stereocenters. The Morgan fingerprint density at radius 1 is 0.789 bits per heavy atom. The van der Waals surface area contributed by atoms with Gasteiger partial charge in [-0.3, -0.25) is 4.79 Å². The number of fused-ring (bicyclic) bond motifs is 1. The van der Waals surface area contributed by atoms with Gasteiger partial charge in [0.05, 0.1) is 0 Å². The van der Waals surface area contributed by atoms with Gasteiger partial charge in [-0.2, -0.15) is 0 Å². The maximum Gasteiger partial charge on any atom is 0.222 e. The molecule has 0 aliphatic heterocycles. The quantitative estimate of drug-likeness (QED) is 0.464. The summed E-state index contributed by atoms with van der Waals surface area (Å²) in [5, 5.41) is 2.29. The zero-order chi connectivity index (χ0) is 13.5. The zero-order valence-corrected chi connectivity index (χ0v) is 13.2. The average molecular weight is 366 g/mol. The van der Waals surface area contributed by atoms with E-state index in [1.807, 2.05) is 42.5 Å². The predicted octanol–water partition coefficient (Wildman–Crippen LogP) is 5.76. The monoisotopic (exact) mass is 366 g/mol. The third-order valence-corrected chi connectivity index (χ3v) is 4.10. The van der Waals surface area contributed by atoms with Crippen molar-refractivity contribution in [2.75, 3.05) is 0 Å². The second-order valence-corrected chi connectivity index (χ2v) is 5.94. The minimum atomic E-state index is 0.0864. The molecule has 0 heterocycles. The number of hydrogen-bond donors (Lipinski definition) is 0. The van der Waals surface area contributed by atoms with Gasteiger partial charge in [-0.1, -0.05) is 68.9 Å². The maximum absolute atomic E-state index is 11.1. The van der Waals surface area contributed by atoms with Crippen LogP contribution in [0.4, 0.5) is 0 Å². The van der Waals surface area contributed by atoms with Gasteiger partial charge < -0.3 is 0 Å². The Bertz CT molecular complexity index is 532.